The maximum atomic E-state index is 13.2. The molecule has 4 aromatic rings. The first kappa shape index (κ1) is 16.4. The first-order valence-electron chi connectivity index (χ1n) is 8.87. The largest absolute Gasteiger partial charge is 0.497 e. The molecule has 1 aliphatic heterocycles. The molecule has 0 saturated heterocycles. The van der Waals surface area contributed by atoms with Crippen LogP contribution in [0.25, 0.3) is 22.2 Å². The van der Waals surface area contributed by atoms with Crippen LogP contribution in [0.3, 0.4) is 0 Å². The van der Waals surface area contributed by atoms with Gasteiger partial charge < -0.3 is 9.26 Å². The number of benzene rings is 3. The predicted octanol–water partition coefficient (Wildman–Crippen LogP) is 5.30. The SMILES string of the molecule is COc1ccc(-c2onc3ccc(C4=[N+](c5ccc(F)cc5)C=C4)cc23)cc1. The van der Waals surface area contributed by atoms with Gasteiger partial charge in [-0.25, -0.2) is 4.39 Å². The smallest absolute Gasteiger partial charge is 0.224 e. The number of allylic oxidation sites excluding steroid dienone is 1. The summed E-state index contributed by atoms with van der Waals surface area (Å²) in [6.45, 7) is 0. The van der Waals surface area contributed by atoms with Gasteiger partial charge in [-0.05, 0) is 54.6 Å². The van der Waals surface area contributed by atoms with Crippen molar-refractivity contribution in [2.45, 2.75) is 0 Å². The lowest BCUT2D eigenvalue weighted by Crippen LogP contribution is -2.19. The van der Waals surface area contributed by atoms with Gasteiger partial charge in [0.2, 0.25) is 11.4 Å². The second kappa shape index (κ2) is 6.46. The molecule has 136 valence electrons. The van der Waals surface area contributed by atoms with E-state index in [-0.39, 0.29) is 5.82 Å². The van der Waals surface area contributed by atoms with E-state index in [1.165, 1.54) is 12.1 Å². The third-order valence-corrected chi connectivity index (χ3v) is 4.87. The van der Waals surface area contributed by atoms with Gasteiger partial charge in [0.1, 0.15) is 17.1 Å². The van der Waals surface area contributed by atoms with Gasteiger partial charge in [0, 0.05) is 23.3 Å². The van der Waals surface area contributed by atoms with E-state index in [2.05, 4.69) is 11.2 Å². The quantitative estimate of drug-likeness (QED) is 0.457. The van der Waals surface area contributed by atoms with Gasteiger partial charge in [-0.15, -0.1) is 0 Å². The highest BCUT2D eigenvalue weighted by atomic mass is 19.1. The van der Waals surface area contributed by atoms with E-state index in [0.717, 1.165) is 44.9 Å². The van der Waals surface area contributed by atoms with Gasteiger partial charge in [0.15, 0.2) is 12.0 Å². The summed E-state index contributed by atoms with van der Waals surface area (Å²) in [4.78, 5) is 0. The number of fused-ring (bicyclic) bond motifs is 1. The van der Waals surface area contributed by atoms with E-state index in [4.69, 9.17) is 9.26 Å². The number of methoxy groups -OCH3 is 1. The zero-order chi connectivity index (χ0) is 19.1. The molecule has 0 unspecified atom stereocenters. The van der Waals surface area contributed by atoms with E-state index in [1.807, 2.05) is 53.2 Å². The lowest BCUT2D eigenvalue weighted by Gasteiger charge is -2.09. The molecule has 1 aliphatic rings. The molecule has 0 fully saturated rings. The molecule has 0 bridgehead atoms. The van der Waals surface area contributed by atoms with E-state index in [0.29, 0.717) is 0 Å². The van der Waals surface area contributed by atoms with E-state index in [1.54, 1.807) is 19.2 Å². The number of aromatic nitrogens is 1. The highest BCUT2D eigenvalue weighted by Gasteiger charge is 2.25. The summed E-state index contributed by atoms with van der Waals surface area (Å²) in [5, 5.41) is 5.12. The molecule has 0 spiro atoms. The fourth-order valence-corrected chi connectivity index (χ4v) is 3.34. The zero-order valence-corrected chi connectivity index (χ0v) is 15.1. The van der Waals surface area contributed by atoms with Crippen molar-refractivity contribution in [3.8, 4) is 17.1 Å². The fraction of sp³-hybridized carbons (Fsp3) is 0.0435. The summed E-state index contributed by atoms with van der Waals surface area (Å²) in [6, 6.07) is 20.2. The van der Waals surface area contributed by atoms with Crippen molar-refractivity contribution in [1.29, 1.82) is 0 Å². The molecular weight excluding hydrogens is 355 g/mol. The van der Waals surface area contributed by atoms with Gasteiger partial charge >= 0.3 is 0 Å². The predicted molar refractivity (Wildman–Crippen MR) is 106 cm³/mol. The van der Waals surface area contributed by atoms with Crippen LogP contribution in [0.2, 0.25) is 0 Å². The van der Waals surface area contributed by atoms with Gasteiger partial charge in [0.25, 0.3) is 0 Å². The molecule has 2 heterocycles. The average Bonchev–Trinajstić information content (AvgIpc) is 3.12. The Morgan fingerprint density at radius 1 is 0.929 bits per heavy atom. The van der Waals surface area contributed by atoms with Crippen LogP contribution in [-0.2, 0) is 0 Å². The summed E-state index contributed by atoms with van der Waals surface area (Å²) in [6.07, 6.45) is 4.00. The number of hydrogen-bond donors (Lipinski definition) is 0. The summed E-state index contributed by atoms with van der Waals surface area (Å²) < 4.78 is 26.1. The highest BCUT2D eigenvalue weighted by Crippen LogP contribution is 2.31. The molecule has 0 aliphatic carbocycles. The molecule has 5 rings (SSSR count). The van der Waals surface area contributed by atoms with Gasteiger partial charge in [0.05, 0.1) is 18.6 Å². The molecule has 1 aromatic heterocycles. The number of nitrogens with zero attached hydrogens (tertiary/aromatic N) is 2. The van der Waals surface area contributed by atoms with Gasteiger partial charge in [-0.1, -0.05) is 5.16 Å². The van der Waals surface area contributed by atoms with Crippen molar-refractivity contribution in [3.63, 3.8) is 0 Å². The number of ether oxygens (including phenoxy) is 1. The minimum atomic E-state index is -0.246. The monoisotopic (exact) mass is 371 g/mol. The van der Waals surface area contributed by atoms with Crippen LogP contribution >= 0.6 is 0 Å². The summed E-state index contributed by atoms with van der Waals surface area (Å²) in [5.74, 6) is 1.26. The van der Waals surface area contributed by atoms with E-state index >= 15 is 0 Å². The topological polar surface area (TPSA) is 38.3 Å². The van der Waals surface area contributed by atoms with Crippen LogP contribution < -0.4 is 4.74 Å². The third kappa shape index (κ3) is 2.68. The second-order valence-electron chi connectivity index (χ2n) is 6.52. The van der Waals surface area contributed by atoms with Crippen LogP contribution in [0, 0.1) is 5.82 Å². The molecule has 4 nitrogen and oxygen atoms in total. The van der Waals surface area contributed by atoms with Crippen molar-refractivity contribution < 1.29 is 18.2 Å². The van der Waals surface area contributed by atoms with Crippen molar-refractivity contribution in [2.75, 3.05) is 7.11 Å². The first-order chi connectivity index (χ1) is 13.7. The zero-order valence-electron chi connectivity index (χ0n) is 15.1. The van der Waals surface area contributed by atoms with Crippen LogP contribution in [0.15, 0.2) is 83.5 Å². The number of halogens is 1. The lowest BCUT2D eigenvalue weighted by atomic mass is 10.0. The Balaban J connectivity index is 1.58. The van der Waals surface area contributed by atoms with Crippen LogP contribution in [0.5, 0.6) is 5.75 Å². The Morgan fingerprint density at radius 3 is 2.36 bits per heavy atom. The Morgan fingerprint density at radius 2 is 1.68 bits per heavy atom. The van der Waals surface area contributed by atoms with Crippen molar-refractivity contribution >= 4 is 22.3 Å². The normalized spacial score (nSPS) is 13.1. The Bertz CT molecular complexity index is 1240. The van der Waals surface area contributed by atoms with Crippen LogP contribution in [0.4, 0.5) is 10.1 Å². The standard InChI is InChI=1S/C23H16FN2O2/c1-27-19-9-2-15(3-10-19)23-20-14-16(4-11-21(20)25-28-23)22-12-13-26(22)18-7-5-17(24)6-8-18/h2-14H,1H3/q+1. The molecule has 0 radical (unpaired) electrons. The summed E-state index contributed by atoms with van der Waals surface area (Å²) in [5.41, 5.74) is 4.73. The Labute approximate surface area is 160 Å². The van der Waals surface area contributed by atoms with Gasteiger partial charge in [-0.2, -0.15) is 4.58 Å². The number of rotatable bonds is 4. The maximum absolute atomic E-state index is 13.2. The molecule has 28 heavy (non-hydrogen) atoms. The Hall–Kier alpha value is -3.73. The average molecular weight is 371 g/mol. The van der Waals surface area contributed by atoms with E-state index in [9.17, 15) is 4.39 Å². The van der Waals surface area contributed by atoms with Crippen molar-refractivity contribution in [2.24, 2.45) is 0 Å². The molecule has 0 saturated carbocycles. The minimum Gasteiger partial charge on any atom is -0.497 e. The third-order valence-electron chi connectivity index (χ3n) is 4.87. The number of hydrogen-bond acceptors (Lipinski definition) is 3. The van der Waals surface area contributed by atoms with Gasteiger partial charge in [-0.3, -0.25) is 0 Å². The molecule has 0 N–H and O–H groups in total. The van der Waals surface area contributed by atoms with Crippen LogP contribution in [0.1, 0.15) is 5.56 Å². The van der Waals surface area contributed by atoms with Crippen molar-refractivity contribution in [1.82, 2.24) is 5.16 Å². The summed E-state index contributed by atoms with van der Waals surface area (Å²) >= 11 is 0. The highest BCUT2D eigenvalue weighted by molar-refractivity contribution is 6.10. The summed E-state index contributed by atoms with van der Waals surface area (Å²) in [7, 11) is 1.64. The minimum absolute atomic E-state index is 0.246. The fourth-order valence-electron chi connectivity index (χ4n) is 3.34. The lowest BCUT2D eigenvalue weighted by molar-refractivity contribution is -0.370. The molecular formula is C23H16FN2O2+. The van der Waals surface area contributed by atoms with E-state index < -0.39 is 0 Å². The molecule has 5 heteroatoms. The maximum Gasteiger partial charge on any atom is 0.224 e. The first-order valence-corrected chi connectivity index (χ1v) is 8.87. The van der Waals surface area contributed by atoms with Crippen molar-refractivity contribution in [3.05, 3.63) is 90.4 Å². The molecule has 0 amide bonds. The molecule has 3 aromatic carbocycles. The second-order valence-corrected chi connectivity index (χ2v) is 6.52. The molecule has 0 atom stereocenters. The van der Waals surface area contributed by atoms with Crippen LogP contribution in [-0.4, -0.2) is 22.6 Å². The Kier molecular flexibility index (Phi) is 3.79.